The average Bonchev–Trinajstić information content (AvgIpc) is 2.37. The molecule has 1 aromatic carbocycles. The van der Waals surface area contributed by atoms with E-state index in [1.807, 2.05) is 31.2 Å². The smallest absolute Gasteiger partial charge is 0.321 e. The molecule has 0 heterocycles. The Kier molecular flexibility index (Phi) is 5.83. The van der Waals surface area contributed by atoms with Crippen molar-refractivity contribution in [1.29, 1.82) is 0 Å². The normalized spacial score (nSPS) is 11.7. The third-order valence-corrected chi connectivity index (χ3v) is 2.81. The Morgan fingerprint density at radius 1 is 1.41 bits per heavy atom. The maximum absolute atomic E-state index is 11.1. The van der Waals surface area contributed by atoms with Gasteiger partial charge in [0.1, 0.15) is 10.6 Å². The summed E-state index contributed by atoms with van der Waals surface area (Å²) in [6.45, 7) is 3.07. The van der Waals surface area contributed by atoms with Crippen molar-refractivity contribution in [3.8, 4) is 5.75 Å². The number of carbonyl (C=O) groups excluding carboxylic acids is 1. The first-order chi connectivity index (χ1) is 8.17. The van der Waals surface area contributed by atoms with Crippen molar-refractivity contribution < 1.29 is 14.3 Å². The van der Waals surface area contributed by atoms with Gasteiger partial charge in [0.25, 0.3) is 0 Å². The van der Waals surface area contributed by atoms with Crippen LogP contribution in [0, 0.1) is 0 Å². The van der Waals surface area contributed by atoms with Crippen LogP contribution in [0.4, 0.5) is 5.69 Å². The number of rotatable bonds is 6. The molecule has 1 aromatic rings. The van der Waals surface area contributed by atoms with Crippen LogP contribution >= 0.6 is 15.9 Å². The van der Waals surface area contributed by atoms with Crippen LogP contribution in [0.3, 0.4) is 0 Å². The second-order valence-corrected chi connectivity index (χ2v) is 4.43. The summed E-state index contributed by atoms with van der Waals surface area (Å²) in [5.41, 5.74) is 0.932. The fourth-order valence-corrected chi connectivity index (χ4v) is 1.60. The molecule has 0 fully saturated rings. The number of anilines is 1. The molecular formula is C12H16BrNO3. The molecule has 0 aliphatic rings. The molecule has 94 valence electrons. The van der Waals surface area contributed by atoms with Crippen LogP contribution in [0.2, 0.25) is 0 Å². The lowest BCUT2D eigenvalue weighted by molar-refractivity contribution is -0.139. The Morgan fingerprint density at radius 2 is 2.06 bits per heavy atom. The van der Waals surface area contributed by atoms with Crippen molar-refractivity contribution in [1.82, 2.24) is 0 Å². The zero-order valence-corrected chi connectivity index (χ0v) is 11.5. The summed E-state index contributed by atoms with van der Waals surface area (Å²) in [5.74, 6) is 0.546. The van der Waals surface area contributed by atoms with E-state index in [0.717, 1.165) is 11.4 Å². The third-order valence-electron chi connectivity index (χ3n) is 2.11. The van der Waals surface area contributed by atoms with Crippen LogP contribution in [0.1, 0.15) is 6.92 Å². The zero-order valence-electron chi connectivity index (χ0n) is 9.90. The van der Waals surface area contributed by atoms with E-state index in [4.69, 9.17) is 4.74 Å². The number of alkyl halides is 1. The molecule has 0 saturated carbocycles. The zero-order chi connectivity index (χ0) is 12.7. The summed E-state index contributed by atoms with van der Waals surface area (Å²) in [4.78, 5) is 10.8. The van der Waals surface area contributed by atoms with Crippen molar-refractivity contribution in [2.45, 2.75) is 11.8 Å². The fourth-order valence-electron chi connectivity index (χ4n) is 1.25. The van der Waals surface area contributed by atoms with Gasteiger partial charge >= 0.3 is 5.97 Å². The van der Waals surface area contributed by atoms with E-state index in [1.54, 1.807) is 0 Å². The van der Waals surface area contributed by atoms with Gasteiger partial charge in [0.05, 0.1) is 13.7 Å². The van der Waals surface area contributed by atoms with Crippen LogP contribution < -0.4 is 10.1 Å². The number of hydrogen-bond donors (Lipinski definition) is 1. The van der Waals surface area contributed by atoms with E-state index in [9.17, 15) is 4.79 Å². The highest BCUT2D eigenvalue weighted by Gasteiger charge is 2.14. The van der Waals surface area contributed by atoms with Crippen LogP contribution in [0.5, 0.6) is 5.75 Å². The summed E-state index contributed by atoms with van der Waals surface area (Å²) in [7, 11) is 1.37. The predicted octanol–water partition coefficient (Wildman–Crippen LogP) is 2.43. The molecule has 0 bridgehead atoms. The molecule has 1 unspecified atom stereocenters. The maximum Gasteiger partial charge on any atom is 0.321 e. The minimum atomic E-state index is -0.348. The Labute approximate surface area is 109 Å². The molecule has 0 radical (unpaired) electrons. The van der Waals surface area contributed by atoms with E-state index in [2.05, 4.69) is 26.0 Å². The summed E-state index contributed by atoms with van der Waals surface area (Å²) in [5, 5.41) is 3.13. The summed E-state index contributed by atoms with van der Waals surface area (Å²) >= 11 is 3.24. The fraction of sp³-hybridized carbons (Fsp3) is 0.417. The molecule has 1 N–H and O–H groups in total. The monoisotopic (exact) mass is 301 g/mol. The highest BCUT2D eigenvalue weighted by Crippen LogP contribution is 2.16. The van der Waals surface area contributed by atoms with Crippen molar-refractivity contribution in [2.75, 3.05) is 25.6 Å². The van der Waals surface area contributed by atoms with Crippen molar-refractivity contribution in [3.63, 3.8) is 0 Å². The molecule has 1 atom stereocenters. The number of halogens is 1. The number of hydrogen-bond acceptors (Lipinski definition) is 4. The molecule has 0 aromatic heterocycles. The quantitative estimate of drug-likeness (QED) is 0.647. The first kappa shape index (κ1) is 13.8. The van der Waals surface area contributed by atoms with Crippen LogP contribution in [0.15, 0.2) is 24.3 Å². The Bertz CT molecular complexity index is 353. The number of benzene rings is 1. The highest BCUT2D eigenvalue weighted by atomic mass is 79.9. The van der Waals surface area contributed by atoms with Gasteiger partial charge in [-0.2, -0.15) is 0 Å². The topological polar surface area (TPSA) is 47.6 Å². The van der Waals surface area contributed by atoms with Crippen LogP contribution in [0.25, 0.3) is 0 Å². The molecule has 1 rings (SSSR count). The minimum absolute atomic E-state index is 0.288. The molecule has 0 spiro atoms. The predicted molar refractivity (Wildman–Crippen MR) is 70.8 cm³/mol. The maximum atomic E-state index is 11.1. The van der Waals surface area contributed by atoms with Crippen LogP contribution in [-0.4, -0.2) is 31.1 Å². The number of carbonyl (C=O) groups is 1. The number of esters is 1. The Morgan fingerprint density at radius 3 is 2.59 bits per heavy atom. The summed E-state index contributed by atoms with van der Waals surface area (Å²) in [6.07, 6.45) is 0. The third kappa shape index (κ3) is 4.65. The van der Waals surface area contributed by atoms with Crippen molar-refractivity contribution >= 4 is 27.6 Å². The number of ether oxygens (including phenoxy) is 2. The molecule has 17 heavy (non-hydrogen) atoms. The van der Waals surface area contributed by atoms with Gasteiger partial charge in [-0.3, -0.25) is 4.79 Å². The minimum Gasteiger partial charge on any atom is -0.494 e. The van der Waals surface area contributed by atoms with Crippen molar-refractivity contribution in [2.24, 2.45) is 0 Å². The second kappa shape index (κ2) is 7.17. The van der Waals surface area contributed by atoms with Crippen molar-refractivity contribution in [3.05, 3.63) is 24.3 Å². The largest absolute Gasteiger partial charge is 0.494 e. The summed E-state index contributed by atoms with van der Waals surface area (Å²) < 4.78 is 9.94. The lowest BCUT2D eigenvalue weighted by atomic mass is 10.3. The standard InChI is InChI=1S/C12H16BrNO3/c1-3-17-10-6-4-9(5-7-10)14-8-11(13)12(15)16-2/h4-7,11,14H,3,8H2,1-2H3. The molecule has 0 saturated heterocycles. The highest BCUT2D eigenvalue weighted by molar-refractivity contribution is 9.10. The second-order valence-electron chi connectivity index (χ2n) is 3.33. The van der Waals surface area contributed by atoms with Crippen LogP contribution in [-0.2, 0) is 9.53 Å². The van der Waals surface area contributed by atoms with E-state index in [0.29, 0.717) is 13.2 Å². The molecule has 0 aliphatic heterocycles. The Balaban J connectivity index is 2.44. The lowest BCUT2D eigenvalue weighted by Crippen LogP contribution is -2.24. The summed E-state index contributed by atoms with van der Waals surface area (Å²) in [6, 6.07) is 7.57. The molecule has 0 amide bonds. The lowest BCUT2D eigenvalue weighted by Gasteiger charge is -2.10. The van der Waals surface area contributed by atoms with Gasteiger partial charge in [0, 0.05) is 12.2 Å². The molecule has 0 aliphatic carbocycles. The number of methoxy groups -OCH3 is 1. The van der Waals surface area contributed by atoms with Gasteiger partial charge in [-0.05, 0) is 31.2 Å². The van der Waals surface area contributed by atoms with Gasteiger partial charge in [-0.25, -0.2) is 0 Å². The molecule has 4 nitrogen and oxygen atoms in total. The number of nitrogens with one attached hydrogen (secondary N) is 1. The van der Waals surface area contributed by atoms with Gasteiger partial charge in [0.2, 0.25) is 0 Å². The molecule has 5 heteroatoms. The van der Waals surface area contributed by atoms with E-state index >= 15 is 0 Å². The van der Waals surface area contributed by atoms with E-state index < -0.39 is 0 Å². The van der Waals surface area contributed by atoms with Gasteiger partial charge < -0.3 is 14.8 Å². The first-order valence-electron chi connectivity index (χ1n) is 5.36. The Hall–Kier alpha value is -1.23. The first-order valence-corrected chi connectivity index (χ1v) is 6.27. The van der Waals surface area contributed by atoms with E-state index in [1.165, 1.54) is 7.11 Å². The van der Waals surface area contributed by atoms with E-state index in [-0.39, 0.29) is 10.8 Å². The average molecular weight is 302 g/mol. The van der Waals surface area contributed by atoms with Gasteiger partial charge in [-0.15, -0.1) is 0 Å². The van der Waals surface area contributed by atoms with Gasteiger partial charge in [-0.1, -0.05) is 15.9 Å². The molecular weight excluding hydrogens is 286 g/mol. The van der Waals surface area contributed by atoms with Gasteiger partial charge in [0.15, 0.2) is 0 Å². The SMILES string of the molecule is CCOc1ccc(NCC(Br)C(=O)OC)cc1.